The smallest absolute Gasteiger partial charge is 0.255 e. The second kappa shape index (κ2) is 6.41. The summed E-state index contributed by atoms with van der Waals surface area (Å²) in [5.74, 6) is 0.00685. The van der Waals surface area contributed by atoms with E-state index in [2.05, 4.69) is 5.32 Å². The minimum absolute atomic E-state index is 0. The molecule has 1 saturated heterocycles. The highest BCUT2D eigenvalue weighted by atomic mass is 35.5. The Hall–Kier alpha value is -0.770. The molecule has 1 N–H and O–H groups in total. The van der Waals surface area contributed by atoms with Crippen molar-refractivity contribution in [1.29, 1.82) is 0 Å². The number of halogens is 2. The third-order valence-corrected chi connectivity index (χ3v) is 3.83. The summed E-state index contributed by atoms with van der Waals surface area (Å²) in [5.41, 5.74) is 1.54. The number of amides is 1. The van der Waals surface area contributed by atoms with Crippen LogP contribution in [0.5, 0.6) is 0 Å². The summed E-state index contributed by atoms with van der Waals surface area (Å²) in [6.45, 7) is 3.76. The van der Waals surface area contributed by atoms with Crippen molar-refractivity contribution in [2.45, 2.75) is 19.4 Å². The maximum Gasteiger partial charge on any atom is 0.255 e. The highest BCUT2D eigenvalue weighted by Gasteiger charge is 2.25. The predicted molar refractivity (Wildman–Crippen MR) is 76.8 cm³/mol. The minimum Gasteiger partial charge on any atom is -0.337 e. The number of nitrogens with one attached hydrogen (secondary N) is 1. The Balaban J connectivity index is 0.00000162. The number of carbonyl (C=O) groups is 1. The molecule has 2 rings (SSSR count). The molecule has 1 atom stereocenters. The molecule has 0 spiro atoms. The normalized spacial score (nSPS) is 18.3. The van der Waals surface area contributed by atoms with Crippen LogP contribution in [-0.2, 0) is 0 Å². The van der Waals surface area contributed by atoms with E-state index in [0.717, 1.165) is 25.1 Å². The van der Waals surface area contributed by atoms with E-state index in [1.807, 2.05) is 26.1 Å². The summed E-state index contributed by atoms with van der Waals surface area (Å²) in [6.07, 6.45) is 1.01. The Morgan fingerprint density at radius 2 is 2.22 bits per heavy atom. The summed E-state index contributed by atoms with van der Waals surface area (Å²) >= 11 is 6.18. The fourth-order valence-corrected chi connectivity index (χ4v) is 2.35. The zero-order valence-electron chi connectivity index (χ0n) is 10.6. The van der Waals surface area contributed by atoms with E-state index in [1.165, 1.54) is 0 Å². The first kappa shape index (κ1) is 15.3. The SMILES string of the molecule is Cc1cccc(C(=O)N(C)C2CCNC2)c1Cl.Cl. The van der Waals surface area contributed by atoms with E-state index in [-0.39, 0.29) is 24.4 Å². The van der Waals surface area contributed by atoms with Crippen LogP contribution in [0.15, 0.2) is 18.2 Å². The average molecular weight is 289 g/mol. The molecule has 0 aromatic heterocycles. The Morgan fingerprint density at radius 3 is 2.83 bits per heavy atom. The third-order valence-electron chi connectivity index (χ3n) is 3.32. The molecule has 1 unspecified atom stereocenters. The van der Waals surface area contributed by atoms with Gasteiger partial charge < -0.3 is 10.2 Å². The van der Waals surface area contributed by atoms with Gasteiger partial charge in [0.05, 0.1) is 10.6 Å². The van der Waals surface area contributed by atoms with Crippen molar-refractivity contribution in [1.82, 2.24) is 10.2 Å². The van der Waals surface area contributed by atoms with Crippen molar-refractivity contribution in [3.8, 4) is 0 Å². The molecule has 0 radical (unpaired) electrons. The summed E-state index contributed by atoms with van der Waals surface area (Å²) < 4.78 is 0. The Kier molecular flexibility index (Phi) is 5.45. The van der Waals surface area contributed by atoms with Gasteiger partial charge in [0.2, 0.25) is 0 Å². The van der Waals surface area contributed by atoms with Crippen LogP contribution in [-0.4, -0.2) is 37.0 Å². The van der Waals surface area contributed by atoms with Crippen molar-refractivity contribution >= 4 is 29.9 Å². The highest BCUT2D eigenvalue weighted by Crippen LogP contribution is 2.22. The Bertz CT molecular complexity index is 431. The highest BCUT2D eigenvalue weighted by molar-refractivity contribution is 6.34. The van der Waals surface area contributed by atoms with Crippen LogP contribution < -0.4 is 5.32 Å². The van der Waals surface area contributed by atoms with Crippen molar-refractivity contribution in [2.24, 2.45) is 0 Å². The zero-order valence-corrected chi connectivity index (χ0v) is 12.1. The molecule has 0 saturated carbocycles. The van der Waals surface area contributed by atoms with Gasteiger partial charge in [0, 0.05) is 19.6 Å². The van der Waals surface area contributed by atoms with Gasteiger partial charge in [-0.2, -0.15) is 0 Å². The number of hydrogen-bond acceptors (Lipinski definition) is 2. The molecule has 1 aromatic rings. The first-order valence-corrected chi connectivity index (χ1v) is 6.22. The van der Waals surface area contributed by atoms with Crippen LogP contribution in [0.4, 0.5) is 0 Å². The lowest BCUT2D eigenvalue weighted by Gasteiger charge is -2.24. The molecule has 1 aromatic carbocycles. The van der Waals surface area contributed by atoms with Gasteiger partial charge in [-0.05, 0) is 31.5 Å². The fraction of sp³-hybridized carbons (Fsp3) is 0.462. The van der Waals surface area contributed by atoms with Crippen LogP contribution in [0.1, 0.15) is 22.3 Å². The van der Waals surface area contributed by atoms with Crippen LogP contribution in [0.2, 0.25) is 5.02 Å². The molecule has 3 nitrogen and oxygen atoms in total. The number of likely N-dealkylation sites (N-methyl/N-ethyl adjacent to an activating group) is 1. The molecular weight excluding hydrogens is 271 g/mol. The first-order chi connectivity index (χ1) is 8.11. The Morgan fingerprint density at radius 1 is 1.50 bits per heavy atom. The molecule has 1 fully saturated rings. The van der Waals surface area contributed by atoms with Crippen LogP contribution in [0.25, 0.3) is 0 Å². The molecule has 1 aliphatic rings. The lowest BCUT2D eigenvalue weighted by molar-refractivity contribution is 0.0744. The lowest BCUT2D eigenvalue weighted by Crippen LogP contribution is -2.38. The van der Waals surface area contributed by atoms with Crippen molar-refractivity contribution < 1.29 is 4.79 Å². The number of nitrogens with zero attached hydrogens (tertiary/aromatic N) is 1. The predicted octanol–water partition coefficient (Wildman–Crippen LogP) is 2.50. The molecule has 1 heterocycles. The van der Waals surface area contributed by atoms with Gasteiger partial charge in [-0.1, -0.05) is 23.7 Å². The quantitative estimate of drug-likeness (QED) is 0.907. The third kappa shape index (κ3) is 2.97. The molecular formula is C13H18Cl2N2O. The van der Waals surface area contributed by atoms with Gasteiger partial charge in [-0.25, -0.2) is 0 Å². The van der Waals surface area contributed by atoms with Gasteiger partial charge in [-0.3, -0.25) is 4.79 Å². The monoisotopic (exact) mass is 288 g/mol. The summed E-state index contributed by atoms with van der Waals surface area (Å²) in [5, 5.41) is 3.82. The summed E-state index contributed by atoms with van der Waals surface area (Å²) in [4.78, 5) is 14.1. The Labute approximate surface area is 119 Å². The molecule has 100 valence electrons. The van der Waals surface area contributed by atoms with E-state index >= 15 is 0 Å². The van der Waals surface area contributed by atoms with Crippen molar-refractivity contribution in [3.05, 3.63) is 34.3 Å². The average Bonchev–Trinajstić information content (AvgIpc) is 2.84. The fourth-order valence-electron chi connectivity index (χ4n) is 2.14. The van der Waals surface area contributed by atoms with E-state index in [0.29, 0.717) is 10.6 Å². The molecule has 18 heavy (non-hydrogen) atoms. The largest absolute Gasteiger partial charge is 0.337 e. The van der Waals surface area contributed by atoms with Gasteiger partial charge in [0.15, 0.2) is 0 Å². The molecule has 1 aliphatic heterocycles. The molecule has 0 aliphatic carbocycles. The number of carbonyl (C=O) groups excluding carboxylic acids is 1. The number of rotatable bonds is 2. The first-order valence-electron chi connectivity index (χ1n) is 5.84. The summed E-state index contributed by atoms with van der Waals surface area (Å²) in [7, 11) is 1.85. The molecule has 0 bridgehead atoms. The number of benzene rings is 1. The molecule has 1 amide bonds. The second-order valence-corrected chi connectivity index (χ2v) is 4.88. The van der Waals surface area contributed by atoms with Gasteiger partial charge in [0.1, 0.15) is 0 Å². The maximum absolute atomic E-state index is 12.3. The summed E-state index contributed by atoms with van der Waals surface area (Å²) in [6, 6.07) is 5.85. The number of aryl methyl sites for hydroxylation is 1. The maximum atomic E-state index is 12.3. The van der Waals surface area contributed by atoms with Crippen molar-refractivity contribution in [3.63, 3.8) is 0 Å². The van der Waals surface area contributed by atoms with Crippen LogP contribution >= 0.6 is 24.0 Å². The van der Waals surface area contributed by atoms with E-state index in [1.54, 1.807) is 11.0 Å². The standard InChI is InChI=1S/C13H17ClN2O.ClH/c1-9-4-3-5-11(12(9)14)13(17)16(2)10-6-7-15-8-10;/h3-5,10,15H,6-8H2,1-2H3;1H. The topological polar surface area (TPSA) is 32.3 Å². The van der Waals surface area contributed by atoms with E-state index < -0.39 is 0 Å². The van der Waals surface area contributed by atoms with Crippen LogP contribution in [0.3, 0.4) is 0 Å². The molecule has 5 heteroatoms. The van der Waals surface area contributed by atoms with Crippen LogP contribution in [0, 0.1) is 6.92 Å². The zero-order chi connectivity index (χ0) is 12.4. The van der Waals surface area contributed by atoms with Gasteiger partial charge in [-0.15, -0.1) is 12.4 Å². The lowest BCUT2D eigenvalue weighted by atomic mass is 10.1. The second-order valence-electron chi connectivity index (χ2n) is 4.50. The number of hydrogen-bond donors (Lipinski definition) is 1. The van der Waals surface area contributed by atoms with E-state index in [9.17, 15) is 4.79 Å². The van der Waals surface area contributed by atoms with E-state index in [4.69, 9.17) is 11.6 Å². The van der Waals surface area contributed by atoms with Gasteiger partial charge >= 0.3 is 0 Å². The minimum atomic E-state index is 0. The van der Waals surface area contributed by atoms with Gasteiger partial charge in [0.25, 0.3) is 5.91 Å². The van der Waals surface area contributed by atoms with Crippen molar-refractivity contribution in [2.75, 3.05) is 20.1 Å².